The average molecular weight is 411 g/mol. The summed E-state index contributed by atoms with van der Waals surface area (Å²) in [6.45, 7) is 8.67. The zero-order valence-electron chi connectivity index (χ0n) is 17.7. The Morgan fingerprint density at radius 2 is 1.66 bits per heavy atom. The van der Waals surface area contributed by atoms with Crippen molar-refractivity contribution in [2.24, 2.45) is 5.73 Å². The van der Waals surface area contributed by atoms with Crippen LogP contribution in [-0.2, 0) is 17.4 Å². The van der Waals surface area contributed by atoms with Crippen molar-refractivity contribution in [2.75, 3.05) is 5.73 Å². The second-order valence-corrected chi connectivity index (χ2v) is 6.68. The van der Waals surface area contributed by atoms with Crippen molar-refractivity contribution < 1.29 is 18.0 Å². The highest BCUT2D eigenvalue weighted by Gasteiger charge is 2.30. The average Bonchev–Trinajstić information content (AvgIpc) is 2.70. The van der Waals surface area contributed by atoms with Crippen LogP contribution in [0, 0.1) is 6.92 Å². The minimum absolute atomic E-state index is 0.162. The number of carbonyl (C=O) groups is 1. The summed E-state index contributed by atoms with van der Waals surface area (Å²) >= 11 is 0. The van der Waals surface area contributed by atoms with Crippen molar-refractivity contribution in [3.8, 4) is 0 Å². The molecule has 0 bridgehead atoms. The number of rotatable bonds is 5. The summed E-state index contributed by atoms with van der Waals surface area (Å²) in [6.07, 6.45) is 1.14. The Kier molecular flexibility index (Phi) is 12.7. The topological polar surface area (TPSA) is 69.1 Å². The Morgan fingerprint density at radius 3 is 2.07 bits per heavy atom. The Balaban J connectivity index is 0.000000455. The maximum absolute atomic E-state index is 12.2. The number of hydrogen-bond acceptors (Lipinski definition) is 3. The molecule has 6 heteroatoms. The SMILES string of the molecule is CCCCC.CCc1cc(N)ccc1C.NC(C=O)c1cccc(C(F)(F)F)c1. The molecule has 0 aliphatic rings. The van der Waals surface area contributed by atoms with Gasteiger partial charge in [-0.1, -0.05) is 58.2 Å². The number of benzene rings is 2. The fourth-order valence-electron chi connectivity index (χ4n) is 2.43. The Bertz CT molecular complexity index is 728. The molecule has 0 saturated carbocycles. The second kappa shape index (κ2) is 13.8. The summed E-state index contributed by atoms with van der Waals surface area (Å²) < 4.78 is 36.6. The molecule has 0 fully saturated rings. The summed E-state index contributed by atoms with van der Waals surface area (Å²) in [4.78, 5) is 10.3. The highest BCUT2D eigenvalue weighted by Crippen LogP contribution is 2.30. The van der Waals surface area contributed by atoms with Crippen LogP contribution in [0.2, 0.25) is 0 Å². The lowest BCUT2D eigenvalue weighted by atomic mass is 10.1. The molecule has 162 valence electrons. The van der Waals surface area contributed by atoms with Gasteiger partial charge in [0.1, 0.15) is 6.29 Å². The van der Waals surface area contributed by atoms with Gasteiger partial charge in [0, 0.05) is 5.69 Å². The van der Waals surface area contributed by atoms with Gasteiger partial charge >= 0.3 is 6.18 Å². The number of aryl methyl sites for hydroxylation is 2. The van der Waals surface area contributed by atoms with Crippen molar-refractivity contribution in [3.05, 3.63) is 64.7 Å². The molecular formula is C23H33F3N2O. The molecule has 29 heavy (non-hydrogen) atoms. The van der Waals surface area contributed by atoms with Gasteiger partial charge in [-0.25, -0.2) is 0 Å². The third-order valence-corrected chi connectivity index (χ3v) is 4.21. The number of carbonyl (C=O) groups excluding carboxylic acids is 1. The lowest BCUT2D eigenvalue weighted by Crippen LogP contribution is -2.13. The van der Waals surface area contributed by atoms with Crippen LogP contribution in [0.4, 0.5) is 18.9 Å². The van der Waals surface area contributed by atoms with Crippen molar-refractivity contribution >= 4 is 12.0 Å². The maximum atomic E-state index is 12.2. The van der Waals surface area contributed by atoms with Crippen LogP contribution in [0.15, 0.2) is 42.5 Å². The predicted molar refractivity (Wildman–Crippen MR) is 115 cm³/mol. The van der Waals surface area contributed by atoms with Crippen LogP contribution in [-0.4, -0.2) is 6.29 Å². The van der Waals surface area contributed by atoms with Gasteiger partial charge in [-0.05, 0) is 54.3 Å². The van der Waals surface area contributed by atoms with E-state index in [9.17, 15) is 18.0 Å². The summed E-state index contributed by atoms with van der Waals surface area (Å²) in [5.74, 6) is 0. The zero-order valence-corrected chi connectivity index (χ0v) is 17.7. The van der Waals surface area contributed by atoms with Crippen LogP contribution in [0.5, 0.6) is 0 Å². The molecule has 0 spiro atoms. The van der Waals surface area contributed by atoms with Gasteiger partial charge < -0.3 is 16.3 Å². The summed E-state index contributed by atoms with van der Waals surface area (Å²) in [5, 5.41) is 0. The molecule has 0 heterocycles. The van der Waals surface area contributed by atoms with Gasteiger partial charge in [-0.2, -0.15) is 13.2 Å². The van der Waals surface area contributed by atoms with E-state index in [1.54, 1.807) is 0 Å². The van der Waals surface area contributed by atoms with Gasteiger partial charge in [-0.3, -0.25) is 0 Å². The highest BCUT2D eigenvalue weighted by atomic mass is 19.4. The fourth-order valence-corrected chi connectivity index (χ4v) is 2.43. The Hall–Kier alpha value is -2.34. The second-order valence-electron chi connectivity index (χ2n) is 6.68. The van der Waals surface area contributed by atoms with Crippen molar-refractivity contribution in [1.29, 1.82) is 0 Å². The van der Waals surface area contributed by atoms with E-state index in [4.69, 9.17) is 11.5 Å². The van der Waals surface area contributed by atoms with Crippen LogP contribution < -0.4 is 11.5 Å². The monoisotopic (exact) mass is 410 g/mol. The van der Waals surface area contributed by atoms with Gasteiger partial charge in [0.15, 0.2) is 0 Å². The highest BCUT2D eigenvalue weighted by molar-refractivity contribution is 5.61. The van der Waals surface area contributed by atoms with Crippen molar-refractivity contribution in [3.63, 3.8) is 0 Å². The number of aldehydes is 1. The normalized spacial score (nSPS) is 11.4. The number of nitrogens with two attached hydrogens (primary N) is 2. The first kappa shape index (κ1) is 26.7. The van der Waals surface area contributed by atoms with Crippen LogP contribution in [0.25, 0.3) is 0 Å². The van der Waals surface area contributed by atoms with E-state index in [2.05, 4.69) is 33.8 Å². The van der Waals surface area contributed by atoms with E-state index < -0.39 is 17.8 Å². The largest absolute Gasteiger partial charge is 0.416 e. The first-order valence-electron chi connectivity index (χ1n) is 9.83. The van der Waals surface area contributed by atoms with Gasteiger partial charge in [0.05, 0.1) is 11.6 Å². The third-order valence-electron chi connectivity index (χ3n) is 4.21. The molecule has 2 aromatic carbocycles. The molecule has 1 atom stereocenters. The van der Waals surface area contributed by atoms with Crippen LogP contribution >= 0.6 is 0 Å². The Morgan fingerprint density at radius 1 is 1.03 bits per heavy atom. The van der Waals surface area contributed by atoms with E-state index in [0.29, 0.717) is 6.29 Å². The van der Waals surface area contributed by atoms with E-state index >= 15 is 0 Å². The van der Waals surface area contributed by atoms with Crippen molar-refractivity contribution in [1.82, 2.24) is 0 Å². The minimum Gasteiger partial charge on any atom is -0.399 e. The molecule has 2 rings (SSSR count). The molecular weight excluding hydrogens is 377 g/mol. The molecule has 3 nitrogen and oxygen atoms in total. The van der Waals surface area contributed by atoms with E-state index in [1.807, 2.05) is 12.1 Å². The lowest BCUT2D eigenvalue weighted by molar-refractivity contribution is -0.137. The number of alkyl halides is 3. The molecule has 0 amide bonds. The Labute approximate surface area is 172 Å². The van der Waals surface area contributed by atoms with E-state index in [1.165, 1.54) is 42.5 Å². The van der Waals surface area contributed by atoms with E-state index in [0.717, 1.165) is 24.2 Å². The molecule has 1 unspecified atom stereocenters. The number of hydrogen-bond donors (Lipinski definition) is 2. The molecule has 0 aliphatic carbocycles. The number of nitrogen functional groups attached to an aromatic ring is 1. The molecule has 4 N–H and O–H groups in total. The lowest BCUT2D eigenvalue weighted by Gasteiger charge is -2.09. The predicted octanol–water partition coefficient (Wildman–Crippen LogP) is 6.24. The maximum Gasteiger partial charge on any atom is 0.416 e. The number of halogens is 3. The van der Waals surface area contributed by atoms with Gasteiger partial charge in [-0.15, -0.1) is 0 Å². The van der Waals surface area contributed by atoms with Gasteiger partial charge in [0.2, 0.25) is 0 Å². The van der Waals surface area contributed by atoms with Gasteiger partial charge in [0.25, 0.3) is 0 Å². The smallest absolute Gasteiger partial charge is 0.399 e. The number of anilines is 1. The summed E-state index contributed by atoms with van der Waals surface area (Å²) in [6, 6.07) is 9.45. The standard InChI is InChI=1S/C9H8F3NO.C9H13N.C5H12/c10-9(11,12)7-3-1-2-6(4-7)8(13)5-14;1-3-8-6-9(10)5-4-7(8)2;1-3-5-4-2/h1-5,8H,13H2;4-6H,3,10H2,1-2H3;3-5H2,1-2H3. The van der Waals surface area contributed by atoms with E-state index in [-0.39, 0.29) is 5.56 Å². The third kappa shape index (κ3) is 10.7. The fraction of sp³-hybridized carbons (Fsp3) is 0.435. The quantitative estimate of drug-likeness (QED) is 0.453. The molecule has 0 aromatic heterocycles. The summed E-state index contributed by atoms with van der Waals surface area (Å²) in [7, 11) is 0. The molecule has 0 radical (unpaired) electrons. The zero-order chi connectivity index (χ0) is 22.4. The first-order valence-corrected chi connectivity index (χ1v) is 9.83. The summed E-state index contributed by atoms with van der Waals surface area (Å²) in [5.41, 5.74) is 13.8. The van der Waals surface area contributed by atoms with Crippen LogP contribution in [0.1, 0.15) is 68.3 Å². The van der Waals surface area contributed by atoms with Crippen molar-refractivity contribution in [2.45, 2.75) is 65.6 Å². The number of unbranched alkanes of at least 4 members (excludes halogenated alkanes) is 2. The molecule has 0 saturated heterocycles. The minimum atomic E-state index is -4.40. The molecule has 0 aliphatic heterocycles. The molecule has 2 aromatic rings. The van der Waals surface area contributed by atoms with Crippen LogP contribution in [0.3, 0.4) is 0 Å². The first-order chi connectivity index (χ1) is 13.6.